The number of H-pyrrole nitrogens is 1. The monoisotopic (exact) mass is 309 g/mol. The maximum Gasteiger partial charge on any atom is 0.321 e. The number of nitrogens with zero attached hydrogens (tertiary/aromatic N) is 1. The maximum atomic E-state index is 12.2. The van der Waals surface area contributed by atoms with E-state index in [0.29, 0.717) is 13.2 Å². The fraction of sp³-hybridized carbons (Fsp3) is 0.167. The van der Waals surface area contributed by atoms with Gasteiger partial charge >= 0.3 is 6.03 Å². The highest BCUT2D eigenvalue weighted by Gasteiger charge is 2.09. The van der Waals surface area contributed by atoms with E-state index in [9.17, 15) is 4.79 Å². The van der Waals surface area contributed by atoms with Crippen molar-refractivity contribution < 1.29 is 9.53 Å². The number of aromatic amines is 1. The first kappa shape index (κ1) is 15.0. The SMILES string of the molecule is CN(CCOc1ccccc1)C(=O)Nc1ccc2[nH]ccc2c1. The molecule has 0 fully saturated rings. The Morgan fingerprint density at radius 2 is 2.00 bits per heavy atom. The third kappa shape index (κ3) is 3.83. The quantitative estimate of drug-likeness (QED) is 0.755. The zero-order valence-corrected chi connectivity index (χ0v) is 13.0. The van der Waals surface area contributed by atoms with E-state index in [-0.39, 0.29) is 6.03 Å². The normalized spacial score (nSPS) is 10.5. The Morgan fingerprint density at radius 1 is 1.17 bits per heavy atom. The Bertz CT molecular complexity index is 783. The van der Waals surface area contributed by atoms with Gasteiger partial charge in [-0.2, -0.15) is 0 Å². The summed E-state index contributed by atoms with van der Waals surface area (Å²) in [5.41, 5.74) is 1.82. The Balaban J connectivity index is 1.50. The molecule has 0 radical (unpaired) electrons. The van der Waals surface area contributed by atoms with Crippen LogP contribution < -0.4 is 10.1 Å². The van der Waals surface area contributed by atoms with E-state index < -0.39 is 0 Å². The van der Waals surface area contributed by atoms with Gasteiger partial charge in [0, 0.05) is 29.8 Å². The number of amides is 2. The minimum Gasteiger partial charge on any atom is -0.492 e. The number of carbonyl (C=O) groups is 1. The second-order valence-electron chi connectivity index (χ2n) is 5.29. The van der Waals surface area contributed by atoms with E-state index in [0.717, 1.165) is 22.3 Å². The van der Waals surface area contributed by atoms with Gasteiger partial charge in [0.25, 0.3) is 0 Å². The number of rotatable bonds is 5. The molecule has 0 atom stereocenters. The van der Waals surface area contributed by atoms with Crippen LogP contribution in [0.1, 0.15) is 0 Å². The van der Waals surface area contributed by atoms with Gasteiger partial charge in [-0.05, 0) is 36.4 Å². The summed E-state index contributed by atoms with van der Waals surface area (Å²) in [4.78, 5) is 16.9. The van der Waals surface area contributed by atoms with Crippen molar-refractivity contribution in [1.29, 1.82) is 0 Å². The highest BCUT2D eigenvalue weighted by Crippen LogP contribution is 2.18. The second-order valence-corrected chi connectivity index (χ2v) is 5.29. The summed E-state index contributed by atoms with van der Waals surface area (Å²) in [6, 6.07) is 17.2. The standard InChI is InChI=1S/C18H19N3O2/c1-21(11-12-23-16-5-3-2-4-6-16)18(22)20-15-7-8-17-14(13-15)9-10-19-17/h2-10,13,19H,11-12H2,1H3,(H,20,22). The molecule has 0 unspecified atom stereocenters. The highest BCUT2D eigenvalue weighted by molar-refractivity contribution is 5.92. The van der Waals surface area contributed by atoms with E-state index in [4.69, 9.17) is 4.74 Å². The van der Waals surface area contributed by atoms with Crippen molar-refractivity contribution in [2.75, 3.05) is 25.5 Å². The number of nitrogens with one attached hydrogen (secondary N) is 2. The average molecular weight is 309 g/mol. The predicted octanol–water partition coefficient (Wildman–Crippen LogP) is 3.71. The fourth-order valence-electron chi connectivity index (χ4n) is 2.27. The highest BCUT2D eigenvalue weighted by atomic mass is 16.5. The zero-order valence-electron chi connectivity index (χ0n) is 13.0. The van der Waals surface area contributed by atoms with Gasteiger partial charge in [0.15, 0.2) is 0 Å². The zero-order chi connectivity index (χ0) is 16.1. The van der Waals surface area contributed by atoms with Crippen molar-refractivity contribution in [2.24, 2.45) is 0 Å². The molecular formula is C18H19N3O2. The number of urea groups is 1. The predicted molar refractivity (Wildman–Crippen MR) is 91.9 cm³/mol. The van der Waals surface area contributed by atoms with Crippen LogP contribution in [0.15, 0.2) is 60.8 Å². The first-order valence-corrected chi connectivity index (χ1v) is 7.49. The van der Waals surface area contributed by atoms with Crippen molar-refractivity contribution in [1.82, 2.24) is 9.88 Å². The van der Waals surface area contributed by atoms with Crippen molar-refractivity contribution in [3.05, 3.63) is 60.8 Å². The Labute approximate surface area is 134 Å². The van der Waals surface area contributed by atoms with E-state index in [1.54, 1.807) is 11.9 Å². The van der Waals surface area contributed by atoms with E-state index in [1.165, 1.54) is 0 Å². The van der Waals surface area contributed by atoms with Crippen molar-refractivity contribution in [3.63, 3.8) is 0 Å². The Kier molecular flexibility index (Phi) is 4.47. The summed E-state index contributed by atoms with van der Waals surface area (Å²) in [5, 5.41) is 3.96. The third-order valence-corrected chi connectivity index (χ3v) is 3.59. The van der Waals surface area contributed by atoms with Crippen LogP contribution in [0.5, 0.6) is 5.75 Å². The summed E-state index contributed by atoms with van der Waals surface area (Å²) in [5.74, 6) is 0.805. The molecule has 0 bridgehead atoms. The van der Waals surface area contributed by atoms with Gasteiger partial charge in [-0.3, -0.25) is 0 Å². The van der Waals surface area contributed by atoms with Crippen LogP contribution in [-0.2, 0) is 0 Å². The van der Waals surface area contributed by atoms with Crippen LogP contribution in [-0.4, -0.2) is 36.1 Å². The molecule has 0 saturated carbocycles. The van der Waals surface area contributed by atoms with Crippen LogP contribution in [0.2, 0.25) is 0 Å². The van der Waals surface area contributed by atoms with Gasteiger partial charge in [-0.15, -0.1) is 0 Å². The molecule has 5 nitrogen and oxygen atoms in total. The fourth-order valence-corrected chi connectivity index (χ4v) is 2.27. The average Bonchev–Trinajstić information content (AvgIpc) is 3.03. The smallest absolute Gasteiger partial charge is 0.321 e. The minimum absolute atomic E-state index is 0.156. The summed E-state index contributed by atoms with van der Waals surface area (Å²) in [6.45, 7) is 0.956. The van der Waals surface area contributed by atoms with E-state index in [2.05, 4.69) is 10.3 Å². The number of para-hydroxylation sites is 1. The topological polar surface area (TPSA) is 57.4 Å². The summed E-state index contributed by atoms with van der Waals surface area (Å²) in [7, 11) is 1.75. The van der Waals surface area contributed by atoms with Crippen molar-refractivity contribution >= 4 is 22.6 Å². The van der Waals surface area contributed by atoms with Crippen molar-refractivity contribution in [2.45, 2.75) is 0 Å². The minimum atomic E-state index is -0.156. The van der Waals surface area contributed by atoms with Crippen molar-refractivity contribution in [3.8, 4) is 5.75 Å². The van der Waals surface area contributed by atoms with Gasteiger partial charge < -0.3 is 19.9 Å². The number of anilines is 1. The van der Waals surface area contributed by atoms with Crippen LogP contribution in [0.25, 0.3) is 10.9 Å². The van der Waals surface area contributed by atoms with Crippen LogP contribution in [0, 0.1) is 0 Å². The van der Waals surface area contributed by atoms with Gasteiger partial charge in [-0.25, -0.2) is 4.79 Å². The molecule has 1 heterocycles. The maximum absolute atomic E-state index is 12.2. The number of hydrogen-bond acceptors (Lipinski definition) is 2. The summed E-state index contributed by atoms with van der Waals surface area (Å²) in [6.07, 6.45) is 1.88. The molecule has 0 aliphatic carbocycles. The lowest BCUT2D eigenvalue weighted by Gasteiger charge is -2.18. The first-order valence-electron chi connectivity index (χ1n) is 7.49. The molecule has 1 aromatic heterocycles. The molecule has 2 amide bonds. The largest absolute Gasteiger partial charge is 0.492 e. The lowest BCUT2D eigenvalue weighted by molar-refractivity contribution is 0.207. The van der Waals surface area contributed by atoms with Gasteiger partial charge in [0.2, 0.25) is 0 Å². The number of fused-ring (bicyclic) bond motifs is 1. The molecule has 118 valence electrons. The molecule has 2 aromatic carbocycles. The third-order valence-electron chi connectivity index (χ3n) is 3.59. The lowest BCUT2D eigenvalue weighted by Crippen LogP contribution is -2.34. The molecular weight excluding hydrogens is 290 g/mol. The molecule has 0 saturated heterocycles. The van der Waals surface area contributed by atoms with Gasteiger partial charge in [0.1, 0.15) is 12.4 Å². The van der Waals surface area contributed by atoms with Crippen LogP contribution >= 0.6 is 0 Å². The summed E-state index contributed by atoms with van der Waals surface area (Å²) < 4.78 is 5.60. The molecule has 0 spiro atoms. The van der Waals surface area contributed by atoms with Gasteiger partial charge in [0.05, 0.1) is 6.54 Å². The molecule has 5 heteroatoms. The number of carbonyl (C=O) groups excluding carboxylic acids is 1. The number of ether oxygens (including phenoxy) is 1. The summed E-state index contributed by atoms with van der Waals surface area (Å²) >= 11 is 0. The van der Waals surface area contributed by atoms with Crippen LogP contribution in [0.3, 0.4) is 0 Å². The number of benzene rings is 2. The molecule has 0 aliphatic rings. The number of hydrogen-bond donors (Lipinski definition) is 2. The molecule has 2 N–H and O–H groups in total. The lowest BCUT2D eigenvalue weighted by atomic mass is 10.2. The first-order chi connectivity index (χ1) is 11.2. The molecule has 3 rings (SSSR count). The van der Waals surface area contributed by atoms with E-state index in [1.807, 2.05) is 60.8 Å². The van der Waals surface area contributed by atoms with Gasteiger partial charge in [-0.1, -0.05) is 18.2 Å². The number of likely N-dealkylation sites (N-methyl/N-ethyl adjacent to an activating group) is 1. The Hall–Kier alpha value is -2.95. The van der Waals surface area contributed by atoms with Crippen LogP contribution in [0.4, 0.5) is 10.5 Å². The molecule has 23 heavy (non-hydrogen) atoms. The second kappa shape index (κ2) is 6.87. The molecule has 0 aliphatic heterocycles. The van der Waals surface area contributed by atoms with E-state index >= 15 is 0 Å². The number of aromatic nitrogens is 1. The molecule has 3 aromatic rings. The Morgan fingerprint density at radius 3 is 2.83 bits per heavy atom.